The van der Waals surface area contributed by atoms with Gasteiger partial charge in [-0.1, -0.05) is 0 Å². The van der Waals surface area contributed by atoms with Crippen molar-refractivity contribution >= 4 is 37.0 Å². The van der Waals surface area contributed by atoms with Crippen molar-refractivity contribution in [3.05, 3.63) is 47.8 Å². The molecule has 0 spiro atoms. The molecule has 0 bridgehead atoms. The monoisotopic (exact) mass is 442 g/mol. The molecule has 0 aliphatic heterocycles. The lowest BCUT2D eigenvalue weighted by molar-refractivity contribution is -0.0826. The fourth-order valence-corrected chi connectivity index (χ4v) is 4.18. The molecule has 2 aromatic carbocycles. The standard InChI is InChI=1S/C16H9F7N2OS2/c1-8-6-9(14-24-12-7-10(17)3-5-13(12)27-14)2-4-11(8)25-28(26,15(18,19)20)16(21,22)23/h2-7H,1H3. The second-order valence-corrected chi connectivity index (χ2v) is 8.83. The number of aryl methyl sites for hydroxylation is 1. The molecule has 0 saturated heterocycles. The Morgan fingerprint density at radius 1 is 1.00 bits per heavy atom. The second kappa shape index (κ2) is 6.69. The van der Waals surface area contributed by atoms with E-state index in [0.29, 0.717) is 20.8 Å². The Balaban J connectivity index is 2.10. The zero-order chi connectivity index (χ0) is 20.9. The summed E-state index contributed by atoms with van der Waals surface area (Å²) in [5.74, 6) is -0.497. The first-order valence-corrected chi connectivity index (χ1v) is 9.72. The zero-order valence-corrected chi connectivity index (χ0v) is 15.4. The van der Waals surface area contributed by atoms with E-state index in [-0.39, 0.29) is 5.56 Å². The van der Waals surface area contributed by atoms with Crippen LogP contribution in [0.25, 0.3) is 20.8 Å². The highest BCUT2D eigenvalue weighted by Crippen LogP contribution is 2.42. The Labute approximate surface area is 158 Å². The number of alkyl halides is 6. The Kier molecular flexibility index (Phi) is 4.90. The Morgan fingerprint density at radius 2 is 1.64 bits per heavy atom. The van der Waals surface area contributed by atoms with Crippen LogP contribution in [0.1, 0.15) is 5.56 Å². The summed E-state index contributed by atoms with van der Waals surface area (Å²) in [6.45, 7) is 1.24. The van der Waals surface area contributed by atoms with E-state index < -0.39 is 32.3 Å². The van der Waals surface area contributed by atoms with E-state index in [0.717, 1.165) is 6.07 Å². The van der Waals surface area contributed by atoms with Crippen LogP contribution in [0.15, 0.2) is 40.8 Å². The fourth-order valence-electron chi connectivity index (χ4n) is 2.29. The molecular weight excluding hydrogens is 433 g/mol. The fraction of sp³-hybridized carbons (Fsp3) is 0.188. The quantitative estimate of drug-likeness (QED) is 0.423. The molecule has 0 aliphatic carbocycles. The van der Waals surface area contributed by atoms with Crippen LogP contribution in [-0.4, -0.2) is 20.2 Å². The molecule has 28 heavy (non-hydrogen) atoms. The van der Waals surface area contributed by atoms with Gasteiger partial charge in [-0.2, -0.15) is 30.7 Å². The SMILES string of the molecule is Cc1cc(-c2nc3cc(F)ccc3s2)ccc1N=S(=O)(C(F)(F)F)C(F)(F)F. The molecule has 0 amide bonds. The summed E-state index contributed by atoms with van der Waals surface area (Å²) < 4.78 is 105. The number of fused-ring (bicyclic) bond motifs is 1. The number of hydrogen-bond donors (Lipinski definition) is 0. The molecule has 3 aromatic rings. The first kappa shape index (κ1) is 20.5. The highest BCUT2D eigenvalue weighted by atomic mass is 32.2. The Bertz CT molecular complexity index is 1150. The third-order valence-electron chi connectivity index (χ3n) is 3.65. The number of benzene rings is 2. The van der Waals surface area contributed by atoms with E-state index in [1.807, 2.05) is 0 Å². The van der Waals surface area contributed by atoms with Crippen LogP contribution in [0.5, 0.6) is 0 Å². The molecular formula is C16H9F7N2OS2. The largest absolute Gasteiger partial charge is 0.488 e. The minimum atomic E-state index is -6.53. The van der Waals surface area contributed by atoms with Gasteiger partial charge in [-0.25, -0.2) is 13.6 Å². The van der Waals surface area contributed by atoms with Crippen LogP contribution in [-0.2, 0) is 9.73 Å². The predicted molar refractivity (Wildman–Crippen MR) is 92.1 cm³/mol. The van der Waals surface area contributed by atoms with Gasteiger partial charge in [-0.3, -0.25) is 0 Å². The molecule has 0 unspecified atom stereocenters. The molecule has 12 heteroatoms. The van der Waals surface area contributed by atoms with E-state index in [1.54, 1.807) is 0 Å². The lowest BCUT2D eigenvalue weighted by Crippen LogP contribution is -2.36. The summed E-state index contributed by atoms with van der Waals surface area (Å²) in [6, 6.07) is 7.35. The van der Waals surface area contributed by atoms with Crippen molar-refractivity contribution in [3.63, 3.8) is 0 Å². The maximum Gasteiger partial charge on any atom is 0.488 e. The van der Waals surface area contributed by atoms with Crippen LogP contribution in [0.4, 0.5) is 36.4 Å². The summed E-state index contributed by atoms with van der Waals surface area (Å²) >= 11 is 1.17. The van der Waals surface area contributed by atoms with Gasteiger partial charge in [0.1, 0.15) is 10.8 Å². The van der Waals surface area contributed by atoms with E-state index in [2.05, 4.69) is 9.35 Å². The van der Waals surface area contributed by atoms with Crippen LogP contribution >= 0.6 is 11.3 Å². The Hall–Kier alpha value is -2.21. The molecule has 1 heterocycles. The topological polar surface area (TPSA) is 42.3 Å². The molecule has 0 aliphatic rings. The third-order valence-corrected chi connectivity index (χ3v) is 6.44. The molecule has 0 atom stereocenters. The average Bonchev–Trinajstić information content (AvgIpc) is 2.97. The smallest absolute Gasteiger partial charge is 0.236 e. The molecule has 3 nitrogen and oxygen atoms in total. The number of nitrogens with zero attached hydrogens (tertiary/aromatic N) is 2. The van der Waals surface area contributed by atoms with Crippen LogP contribution in [0.3, 0.4) is 0 Å². The lowest BCUT2D eigenvalue weighted by Gasteiger charge is -2.16. The maximum atomic E-state index is 13.3. The van der Waals surface area contributed by atoms with Crippen molar-refractivity contribution in [2.24, 2.45) is 4.36 Å². The predicted octanol–water partition coefficient (Wildman–Crippen LogP) is 6.55. The molecule has 3 rings (SSSR count). The van der Waals surface area contributed by atoms with Crippen molar-refractivity contribution in [2.75, 3.05) is 0 Å². The van der Waals surface area contributed by atoms with Gasteiger partial charge in [0.15, 0.2) is 0 Å². The van der Waals surface area contributed by atoms with Crippen molar-refractivity contribution in [1.29, 1.82) is 0 Å². The number of aromatic nitrogens is 1. The summed E-state index contributed by atoms with van der Waals surface area (Å²) in [4.78, 5) is 4.20. The highest BCUT2D eigenvalue weighted by molar-refractivity contribution is 7.95. The summed E-state index contributed by atoms with van der Waals surface area (Å²) in [5.41, 5.74) is -12.1. The van der Waals surface area contributed by atoms with Gasteiger partial charge in [0, 0.05) is 11.6 Å². The van der Waals surface area contributed by atoms with E-state index in [4.69, 9.17) is 0 Å². The van der Waals surface area contributed by atoms with Crippen LogP contribution in [0.2, 0.25) is 0 Å². The average molecular weight is 442 g/mol. The second-order valence-electron chi connectivity index (χ2n) is 5.64. The minimum absolute atomic E-state index is 0.0517. The van der Waals surface area contributed by atoms with Crippen molar-refractivity contribution in [2.45, 2.75) is 17.9 Å². The maximum absolute atomic E-state index is 13.3. The van der Waals surface area contributed by atoms with E-state index >= 15 is 0 Å². The lowest BCUT2D eigenvalue weighted by atomic mass is 10.1. The van der Waals surface area contributed by atoms with Crippen molar-refractivity contribution < 1.29 is 34.9 Å². The number of hydrogen-bond acceptors (Lipinski definition) is 4. The van der Waals surface area contributed by atoms with E-state index in [1.165, 1.54) is 48.6 Å². The van der Waals surface area contributed by atoms with Gasteiger partial charge >= 0.3 is 11.0 Å². The van der Waals surface area contributed by atoms with Gasteiger partial charge in [-0.15, -0.1) is 11.3 Å². The molecule has 1 aromatic heterocycles. The van der Waals surface area contributed by atoms with Crippen LogP contribution < -0.4 is 0 Å². The zero-order valence-electron chi connectivity index (χ0n) is 13.7. The number of thiazole rings is 1. The van der Waals surface area contributed by atoms with Gasteiger partial charge in [0.25, 0.3) is 0 Å². The van der Waals surface area contributed by atoms with Gasteiger partial charge in [0.05, 0.1) is 15.9 Å². The van der Waals surface area contributed by atoms with Gasteiger partial charge in [0.2, 0.25) is 9.73 Å². The number of halogens is 7. The van der Waals surface area contributed by atoms with Crippen LogP contribution in [0, 0.1) is 12.7 Å². The number of rotatable bonds is 2. The summed E-state index contributed by atoms with van der Waals surface area (Å²) in [5, 5.41) is 0.391. The van der Waals surface area contributed by atoms with Crippen molar-refractivity contribution in [3.8, 4) is 10.6 Å². The molecule has 0 N–H and O–H groups in total. The minimum Gasteiger partial charge on any atom is -0.236 e. The third kappa shape index (κ3) is 3.58. The summed E-state index contributed by atoms with van der Waals surface area (Å²) in [6.07, 6.45) is 0. The Morgan fingerprint density at radius 3 is 2.21 bits per heavy atom. The first-order valence-electron chi connectivity index (χ1n) is 7.39. The molecule has 0 radical (unpaired) electrons. The first-order chi connectivity index (χ1) is 12.8. The molecule has 0 fully saturated rings. The normalized spacial score (nSPS) is 13.1. The van der Waals surface area contributed by atoms with Gasteiger partial charge < -0.3 is 0 Å². The highest BCUT2D eigenvalue weighted by Gasteiger charge is 2.61. The van der Waals surface area contributed by atoms with Crippen molar-refractivity contribution in [1.82, 2.24) is 4.98 Å². The van der Waals surface area contributed by atoms with E-state index in [9.17, 15) is 34.9 Å². The molecule has 0 saturated carbocycles. The van der Waals surface area contributed by atoms with Gasteiger partial charge in [-0.05, 0) is 42.8 Å². The molecule has 150 valence electrons. The summed E-state index contributed by atoms with van der Waals surface area (Å²) in [7, 11) is -6.53.